The lowest BCUT2D eigenvalue weighted by atomic mass is 9.82. The molecule has 0 amide bonds. The number of aromatic nitrogens is 3. The second-order valence-electron chi connectivity index (χ2n) is 9.36. The summed E-state index contributed by atoms with van der Waals surface area (Å²) in [5.74, 6) is -0.288. The van der Waals surface area contributed by atoms with Crippen LogP contribution in [0.4, 0.5) is 27.8 Å². The maximum atomic E-state index is 14.7. The molecular weight excluding hydrogens is 457 g/mol. The molecule has 180 valence electrons. The van der Waals surface area contributed by atoms with Crippen LogP contribution in [-0.2, 0) is 17.3 Å². The maximum Gasteiger partial charge on any atom is 0.431 e. The maximum absolute atomic E-state index is 14.7. The molecule has 2 fully saturated rings. The fraction of sp³-hybridized carbons (Fsp3) is 0.478. The van der Waals surface area contributed by atoms with E-state index in [1.54, 1.807) is 0 Å². The number of aromatic amines is 1. The number of ether oxygens (including phenoxy) is 1. The largest absolute Gasteiger partial charge is 0.431 e. The van der Waals surface area contributed by atoms with Gasteiger partial charge in [0.15, 0.2) is 0 Å². The van der Waals surface area contributed by atoms with Gasteiger partial charge in [-0.3, -0.25) is 4.90 Å². The first kappa shape index (κ1) is 21.7. The van der Waals surface area contributed by atoms with Crippen molar-refractivity contribution in [2.75, 3.05) is 31.6 Å². The zero-order chi connectivity index (χ0) is 23.6. The molecule has 2 aliphatic heterocycles. The summed E-state index contributed by atoms with van der Waals surface area (Å²) < 4.78 is 74.4. The Kier molecular flexibility index (Phi) is 5.03. The van der Waals surface area contributed by atoms with Crippen molar-refractivity contribution in [3.63, 3.8) is 0 Å². The molecule has 2 N–H and O–H groups in total. The molecular formula is C23H22F5N5O. The minimum absolute atomic E-state index is 0.0377. The van der Waals surface area contributed by atoms with Crippen LogP contribution in [0.25, 0.3) is 11.0 Å². The Morgan fingerprint density at radius 3 is 2.56 bits per heavy atom. The van der Waals surface area contributed by atoms with Gasteiger partial charge in [-0.05, 0) is 36.1 Å². The van der Waals surface area contributed by atoms with Gasteiger partial charge in [0.2, 0.25) is 0 Å². The molecule has 34 heavy (non-hydrogen) atoms. The lowest BCUT2D eigenvalue weighted by Crippen LogP contribution is -2.44. The molecule has 0 radical (unpaired) electrons. The van der Waals surface area contributed by atoms with Crippen molar-refractivity contribution in [1.29, 1.82) is 0 Å². The highest BCUT2D eigenvalue weighted by atomic mass is 19.4. The van der Waals surface area contributed by atoms with Crippen LogP contribution in [0.2, 0.25) is 0 Å². The molecule has 6 nitrogen and oxygen atoms in total. The molecule has 1 aromatic carbocycles. The monoisotopic (exact) mass is 479 g/mol. The Labute approximate surface area is 191 Å². The van der Waals surface area contributed by atoms with Crippen LogP contribution >= 0.6 is 0 Å². The van der Waals surface area contributed by atoms with Crippen LogP contribution in [-0.4, -0.2) is 52.2 Å². The van der Waals surface area contributed by atoms with Gasteiger partial charge in [0.25, 0.3) is 0 Å². The van der Waals surface area contributed by atoms with E-state index in [1.165, 1.54) is 12.4 Å². The van der Waals surface area contributed by atoms with E-state index in [9.17, 15) is 22.0 Å². The zero-order valence-electron chi connectivity index (χ0n) is 18.0. The van der Waals surface area contributed by atoms with Gasteiger partial charge in [-0.25, -0.2) is 18.7 Å². The van der Waals surface area contributed by atoms with E-state index in [4.69, 9.17) is 4.74 Å². The van der Waals surface area contributed by atoms with Gasteiger partial charge >= 0.3 is 6.18 Å². The van der Waals surface area contributed by atoms with Gasteiger partial charge in [0.05, 0.1) is 24.6 Å². The predicted octanol–water partition coefficient (Wildman–Crippen LogP) is 4.30. The van der Waals surface area contributed by atoms with Crippen molar-refractivity contribution < 1.29 is 26.7 Å². The highest BCUT2D eigenvalue weighted by Gasteiger charge is 2.44. The Hall–Kier alpha value is -2.79. The van der Waals surface area contributed by atoms with Crippen LogP contribution < -0.4 is 5.32 Å². The quantitative estimate of drug-likeness (QED) is 0.549. The fourth-order valence-electron chi connectivity index (χ4n) is 5.75. The number of nitrogens with zero attached hydrogens (tertiary/aromatic N) is 3. The van der Waals surface area contributed by atoms with Gasteiger partial charge in [0, 0.05) is 37.0 Å². The number of hydrogen-bond acceptors (Lipinski definition) is 5. The summed E-state index contributed by atoms with van der Waals surface area (Å²) in [6.07, 6.45) is -2.32. The Morgan fingerprint density at radius 1 is 1.06 bits per heavy atom. The van der Waals surface area contributed by atoms with Crippen molar-refractivity contribution in [3.8, 4) is 0 Å². The number of nitrogens with one attached hydrogen (secondary N) is 2. The van der Waals surface area contributed by atoms with E-state index in [1.807, 2.05) is 0 Å². The molecule has 0 spiro atoms. The molecule has 0 bridgehead atoms. The average molecular weight is 479 g/mol. The highest BCUT2D eigenvalue weighted by molar-refractivity contribution is 5.88. The highest BCUT2D eigenvalue weighted by Crippen LogP contribution is 2.42. The molecule has 0 saturated carbocycles. The molecule has 2 aromatic heterocycles. The van der Waals surface area contributed by atoms with E-state index in [2.05, 4.69) is 25.2 Å². The molecule has 6 rings (SSSR count). The summed E-state index contributed by atoms with van der Waals surface area (Å²) in [6.45, 7) is 3.01. The van der Waals surface area contributed by atoms with Gasteiger partial charge in [-0.1, -0.05) is 0 Å². The number of halogens is 5. The van der Waals surface area contributed by atoms with Crippen LogP contribution in [0.5, 0.6) is 0 Å². The van der Waals surface area contributed by atoms with E-state index in [0.29, 0.717) is 49.0 Å². The third kappa shape index (κ3) is 3.61. The van der Waals surface area contributed by atoms with Gasteiger partial charge in [0.1, 0.15) is 35.1 Å². The van der Waals surface area contributed by atoms with E-state index in [0.717, 1.165) is 25.2 Å². The number of rotatable bonds is 3. The number of anilines is 1. The summed E-state index contributed by atoms with van der Waals surface area (Å²) in [5, 5.41) is 3.42. The normalized spacial score (nSPS) is 27.2. The number of H-pyrrole nitrogens is 1. The van der Waals surface area contributed by atoms with E-state index in [-0.39, 0.29) is 22.9 Å². The molecule has 1 aliphatic carbocycles. The van der Waals surface area contributed by atoms with Crippen molar-refractivity contribution in [2.24, 2.45) is 11.8 Å². The Morgan fingerprint density at radius 2 is 1.82 bits per heavy atom. The molecule has 2 saturated heterocycles. The first-order chi connectivity index (χ1) is 16.3. The number of benzene rings is 1. The van der Waals surface area contributed by atoms with Crippen LogP contribution in [0, 0.1) is 23.5 Å². The molecule has 3 aromatic rings. The van der Waals surface area contributed by atoms with Crippen molar-refractivity contribution in [2.45, 2.75) is 31.1 Å². The number of likely N-dealkylation sites (tertiary alicyclic amines) is 1. The van der Waals surface area contributed by atoms with Crippen molar-refractivity contribution in [1.82, 2.24) is 19.9 Å². The number of alkyl halides is 3. The molecule has 11 heteroatoms. The smallest absolute Gasteiger partial charge is 0.381 e. The minimum Gasteiger partial charge on any atom is -0.381 e. The fourth-order valence-corrected chi connectivity index (χ4v) is 5.75. The Balaban J connectivity index is 1.41. The van der Waals surface area contributed by atoms with Crippen LogP contribution in [0.3, 0.4) is 0 Å². The minimum atomic E-state index is -4.57. The lowest BCUT2D eigenvalue weighted by molar-refractivity contribution is -0.140. The average Bonchev–Trinajstić information content (AvgIpc) is 3.48. The molecule has 4 atom stereocenters. The summed E-state index contributed by atoms with van der Waals surface area (Å²) in [4.78, 5) is 12.7. The molecule has 3 aliphatic rings. The standard InChI is InChI=1S/C23H22F5N5O/c24-13-3-15-14(17(25)4-13)1-2-18(33-6-11-8-34-9-12(11)7-33)20(15)32-22-16-5-19(23(26,27)28)31-21(16)29-10-30-22/h3-5,10-12,18,20H,1-2,6-9H2,(H2,29,30,31,32). The summed E-state index contributed by atoms with van der Waals surface area (Å²) in [6, 6.07) is 2.48. The van der Waals surface area contributed by atoms with Gasteiger partial charge < -0.3 is 15.0 Å². The molecule has 4 unspecified atom stereocenters. The predicted molar refractivity (Wildman–Crippen MR) is 113 cm³/mol. The van der Waals surface area contributed by atoms with Crippen LogP contribution in [0.15, 0.2) is 24.5 Å². The lowest BCUT2D eigenvalue weighted by Gasteiger charge is -2.40. The summed E-state index contributed by atoms with van der Waals surface area (Å²) in [7, 11) is 0. The number of fused-ring (bicyclic) bond motifs is 3. The first-order valence-corrected chi connectivity index (χ1v) is 11.2. The topological polar surface area (TPSA) is 66.1 Å². The second kappa shape index (κ2) is 7.88. The van der Waals surface area contributed by atoms with E-state index >= 15 is 0 Å². The zero-order valence-corrected chi connectivity index (χ0v) is 18.0. The van der Waals surface area contributed by atoms with Gasteiger partial charge in [-0.15, -0.1) is 0 Å². The molecule has 4 heterocycles. The number of hydrogen-bond donors (Lipinski definition) is 2. The van der Waals surface area contributed by atoms with Crippen molar-refractivity contribution >= 4 is 16.9 Å². The summed E-state index contributed by atoms with van der Waals surface area (Å²) >= 11 is 0. The van der Waals surface area contributed by atoms with E-state index < -0.39 is 29.5 Å². The first-order valence-electron chi connectivity index (χ1n) is 11.2. The van der Waals surface area contributed by atoms with Gasteiger partial charge in [-0.2, -0.15) is 13.2 Å². The third-order valence-corrected chi connectivity index (χ3v) is 7.37. The SMILES string of the molecule is Fc1cc(F)c2c(c1)C(Nc1ncnc3[nH]c(C(F)(F)F)cc13)C(N1CC3COCC3C1)CC2. The second-order valence-corrected chi connectivity index (χ2v) is 9.36. The van der Waals surface area contributed by atoms with Crippen molar-refractivity contribution in [3.05, 3.63) is 53.0 Å². The Bertz CT molecular complexity index is 1230. The van der Waals surface area contributed by atoms with Crippen LogP contribution in [0.1, 0.15) is 29.3 Å². The summed E-state index contributed by atoms with van der Waals surface area (Å²) in [5.41, 5.74) is 0.000381. The third-order valence-electron chi connectivity index (χ3n) is 7.37.